The lowest BCUT2D eigenvalue weighted by Gasteiger charge is -2.33. The van der Waals surface area contributed by atoms with E-state index >= 15 is 0 Å². The van der Waals surface area contributed by atoms with Crippen LogP contribution in [0.4, 0.5) is 0 Å². The summed E-state index contributed by atoms with van der Waals surface area (Å²) in [5.74, 6) is 0. The van der Waals surface area contributed by atoms with Crippen LogP contribution in [0.15, 0.2) is 29.2 Å². The van der Waals surface area contributed by atoms with E-state index < -0.39 is 10.0 Å². The summed E-state index contributed by atoms with van der Waals surface area (Å²) in [4.78, 5) is 2.55. The molecule has 1 aliphatic heterocycles. The topological polar surface area (TPSA) is 75.9 Å². The van der Waals surface area contributed by atoms with E-state index in [9.17, 15) is 8.42 Å². The van der Waals surface area contributed by atoms with E-state index in [2.05, 4.69) is 4.90 Å². The van der Waals surface area contributed by atoms with Crippen molar-refractivity contribution >= 4 is 10.0 Å². The van der Waals surface area contributed by atoms with Crippen LogP contribution < -0.4 is 5.73 Å². The first-order chi connectivity index (χ1) is 10.1. The van der Waals surface area contributed by atoms with Crippen LogP contribution in [0.3, 0.4) is 0 Å². The number of methoxy groups -OCH3 is 1. The van der Waals surface area contributed by atoms with Gasteiger partial charge in [-0.25, -0.2) is 8.42 Å². The third kappa shape index (κ3) is 4.02. The third-order valence-corrected chi connectivity index (χ3v) is 5.65. The molecule has 0 aliphatic carbocycles. The quantitative estimate of drug-likeness (QED) is 0.806. The SMILES string of the molecule is COCCN1CCN(S(=O)(=O)c2ccc(CN)cc2)CC1. The van der Waals surface area contributed by atoms with Crippen LogP contribution in [0.1, 0.15) is 5.56 Å². The summed E-state index contributed by atoms with van der Waals surface area (Å²) in [5, 5.41) is 0. The molecule has 0 radical (unpaired) electrons. The van der Waals surface area contributed by atoms with E-state index in [0.717, 1.165) is 25.2 Å². The van der Waals surface area contributed by atoms with Crippen molar-refractivity contribution in [1.29, 1.82) is 0 Å². The van der Waals surface area contributed by atoms with Gasteiger partial charge >= 0.3 is 0 Å². The van der Waals surface area contributed by atoms with Crippen molar-refractivity contribution in [3.63, 3.8) is 0 Å². The summed E-state index contributed by atoms with van der Waals surface area (Å²) in [6, 6.07) is 6.80. The Kier molecular flexibility index (Phi) is 5.72. The Labute approximate surface area is 126 Å². The molecule has 2 N–H and O–H groups in total. The van der Waals surface area contributed by atoms with E-state index in [-0.39, 0.29) is 0 Å². The Bertz CT molecular complexity index is 537. The zero-order valence-corrected chi connectivity index (χ0v) is 13.2. The molecule has 0 unspecified atom stereocenters. The highest BCUT2D eigenvalue weighted by Crippen LogP contribution is 2.18. The van der Waals surface area contributed by atoms with Crippen LogP contribution >= 0.6 is 0 Å². The van der Waals surface area contributed by atoms with Crippen LogP contribution in [0.5, 0.6) is 0 Å². The molecule has 0 bridgehead atoms. The van der Waals surface area contributed by atoms with Gasteiger partial charge in [0.15, 0.2) is 0 Å². The number of hydrogen-bond acceptors (Lipinski definition) is 5. The number of benzene rings is 1. The number of hydrogen-bond donors (Lipinski definition) is 1. The van der Waals surface area contributed by atoms with Crippen LogP contribution in [-0.2, 0) is 21.3 Å². The predicted molar refractivity (Wildman–Crippen MR) is 81.4 cm³/mol. The number of piperazine rings is 1. The molecule has 0 aromatic heterocycles. The minimum absolute atomic E-state index is 0.338. The second-order valence-electron chi connectivity index (χ2n) is 5.09. The number of rotatable bonds is 6. The fourth-order valence-corrected chi connectivity index (χ4v) is 3.78. The summed E-state index contributed by atoms with van der Waals surface area (Å²) in [6.45, 7) is 4.45. The number of nitrogens with zero attached hydrogens (tertiary/aromatic N) is 2. The Morgan fingerprint density at radius 2 is 1.76 bits per heavy atom. The van der Waals surface area contributed by atoms with Gasteiger partial charge in [-0.2, -0.15) is 4.31 Å². The highest BCUT2D eigenvalue weighted by molar-refractivity contribution is 7.89. The largest absolute Gasteiger partial charge is 0.383 e. The van der Waals surface area contributed by atoms with Gasteiger partial charge in [-0.05, 0) is 17.7 Å². The zero-order chi connectivity index (χ0) is 15.3. The van der Waals surface area contributed by atoms with E-state index in [1.165, 1.54) is 0 Å². The van der Waals surface area contributed by atoms with E-state index in [1.54, 1.807) is 35.7 Å². The van der Waals surface area contributed by atoms with Crippen molar-refractivity contribution in [2.75, 3.05) is 46.4 Å². The van der Waals surface area contributed by atoms with Crippen molar-refractivity contribution in [3.8, 4) is 0 Å². The van der Waals surface area contributed by atoms with Gasteiger partial charge in [0.1, 0.15) is 0 Å². The molecule has 1 saturated heterocycles. The van der Waals surface area contributed by atoms with Crippen molar-refractivity contribution in [3.05, 3.63) is 29.8 Å². The van der Waals surface area contributed by atoms with Crippen molar-refractivity contribution < 1.29 is 13.2 Å². The molecule has 1 aromatic rings. The molecule has 118 valence electrons. The van der Waals surface area contributed by atoms with E-state index in [4.69, 9.17) is 10.5 Å². The molecule has 0 atom stereocenters. The van der Waals surface area contributed by atoms with Gasteiger partial charge in [0.2, 0.25) is 10.0 Å². The first-order valence-electron chi connectivity index (χ1n) is 7.08. The monoisotopic (exact) mass is 313 g/mol. The Morgan fingerprint density at radius 1 is 1.14 bits per heavy atom. The van der Waals surface area contributed by atoms with Gasteiger partial charge in [-0.15, -0.1) is 0 Å². The van der Waals surface area contributed by atoms with Gasteiger partial charge < -0.3 is 10.5 Å². The summed E-state index contributed by atoms with van der Waals surface area (Å²) in [6.07, 6.45) is 0. The smallest absolute Gasteiger partial charge is 0.243 e. The lowest BCUT2D eigenvalue weighted by Crippen LogP contribution is -2.49. The average Bonchev–Trinajstić information content (AvgIpc) is 2.53. The Hall–Kier alpha value is -0.990. The Balaban J connectivity index is 2.00. The summed E-state index contributed by atoms with van der Waals surface area (Å²) < 4.78 is 31.7. The molecule has 0 amide bonds. The van der Waals surface area contributed by atoms with Gasteiger partial charge in [-0.1, -0.05) is 12.1 Å². The van der Waals surface area contributed by atoms with Crippen LogP contribution in [0.25, 0.3) is 0 Å². The summed E-state index contributed by atoms with van der Waals surface area (Å²) in [5.41, 5.74) is 6.46. The number of ether oxygens (including phenoxy) is 1. The molecule has 6 nitrogen and oxygen atoms in total. The molecular formula is C14H23N3O3S. The lowest BCUT2D eigenvalue weighted by molar-refractivity contribution is 0.123. The highest BCUT2D eigenvalue weighted by atomic mass is 32.2. The lowest BCUT2D eigenvalue weighted by atomic mass is 10.2. The maximum atomic E-state index is 12.6. The second-order valence-corrected chi connectivity index (χ2v) is 7.02. The molecule has 0 saturated carbocycles. The maximum Gasteiger partial charge on any atom is 0.243 e. The number of nitrogens with two attached hydrogens (primary N) is 1. The molecule has 7 heteroatoms. The normalized spacial score (nSPS) is 18.0. The predicted octanol–water partition coefficient (Wildman–Crippen LogP) is 0.0980. The molecule has 1 aliphatic rings. The van der Waals surface area contributed by atoms with Crippen molar-refractivity contribution in [2.24, 2.45) is 5.73 Å². The van der Waals surface area contributed by atoms with Crippen LogP contribution in [-0.4, -0.2) is 64.1 Å². The molecule has 21 heavy (non-hydrogen) atoms. The molecular weight excluding hydrogens is 290 g/mol. The molecule has 2 rings (SSSR count). The minimum Gasteiger partial charge on any atom is -0.383 e. The van der Waals surface area contributed by atoms with Gasteiger partial charge in [0.05, 0.1) is 11.5 Å². The fraction of sp³-hybridized carbons (Fsp3) is 0.571. The first-order valence-corrected chi connectivity index (χ1v) is 8.52. The first kappa shape index (κ1) is 16.4. The molecule has 1 heterocycles. The summed E-state index contributed by atoms with van der Waals surface area (Å²) >= 11 is 0. The van der Waals surface area contributed by atoms with E-state index in [0.29, 0.717) is 31.1 Å². The van der Waals surface area contributed by atoms with Gasteiger partial charge in [-0.3, -0.25) is 4.90 Å². The summed E-state index contributed by atoms with van der Waals surface area (Å²) in [7, 11) is -1.72. The third-order valence-electron chi connectivity index (χ3n) is 3.74. The second kappa shape index (κ2) is 7.33. The number of sulfonamides is 1. The highest BCUT2D eigenvalue weighted by Gasteiger charge is 2.28. The average molecular weight is 313 g/mol. The maximum absolute atomic E-state index is 12.6. The molecule has 0 spiro atoms. The van der Waals surface area contributed by atoms with Crippen LogP contribution in [0.2, 0.25) is 0 Å². The van der Waals surface area contributed by atoms with Crippen molar-refractivity contribution in [2.45, 2.75) is 11.4 Å². The standard InChI is InChI=1S/C14H23N3O3S/c1-20-11-10-16-6-8-17(9-7-16)21(18,19)14-4-2-13(12-15)3-5-14/h2-5H,6-12,15H2,1H3. The zero-order valence-electron chi connectivity index (χ0n) is 12.4. The van der Waals surface area contributed by atoms with Crippen molar-refractivity contribution in [1.82, 2.24) is 9.21 Å². The minimum atomic E-state index is -3.40. The Morgan fingerprint density at radius 3 is 2.29 bits per heavy atom. The van der Waals surface area contributed by atoms with E-state index in [1.807, 2.05) is 0 Å². The van der Waals surface area contributed by atoms with Crippen LogP contribution in [0, 0.1) is 0 Å². The molecule has 1 aromatic carbocycles. The fourth-order valence-electron chi connectivity index (χ4n) is 2.36. The van der Waals surface area contributed by atoms with Gasteiger partial charge in [0.25, 0.3) is 0 Å². The molecule has 1 fully saturated rings. The van der Waals surface area contributed by atoms with Gasteiger partial charge in [0, 0.05) is 46.4 Å².